The Balaban J connectivity index is 1.12. The van der Waals surface area contributed by atoms with E-state index in [-0.39, 0.29) is 0 Å². The molecule has 0 saturated heterocycles. The molecule has 0 saturated carbocycles. The van der Waals surface area contributed by atoms with E-state index in [9.17, 15) is 0 Å². The molecular formula is C64H44Si. The Morgan fingerprint density at radius 3 is 1.05 bits per heavy atom. The van der Waals surface area contributed by atoms with Gasteiger partial charge in [0.1, 0.15) is 0 Å². The fraction of sp³-hybridized carbons (Fsp3) is 0. The van der Waals surface area contributed by atoms with Crippen molar-refractivity contribution in [2.24, 2.45) is 0 Å². The van der Waals surface area contributed by atoms with Crippen molar-refractivity contribution in [3.05, 3.63) is 267 Å². The Kier molecular flexibility index (Phi) is 9.63. The SMILES string of the molecule is c1ccc(-c2ccc([Si]3(c4ccc(-c5ccccc5)cc4)c4ccc(-c5cc(-c6ccccc6)cc(-c6ccccc6)c5)cc4-c4cc(-c5cccc6ccccc56)ccc43)cc2)cc1. The van der Waals surface area contributed by atoms with E-state index in [0.717, 1.165) is 0 Å². The van der Waals surface area contributed by atoms with Gasteiger partial charge in [0.15, 0.2) is 8.07 Å². The van der Waals surface area contributed by atoms with Gasteiger partial charge in [-0.15, -0.1) is 0 Å². The van der Waals surface area contributed by atoms with E-state index in [1.54, 1.807) is 0 Å². The first-order valence-electron chi connectivity index (χ1n) is 22.6. The molecule has 0 nitrogen and oxygen atoms in total. The van der Waals surface area contributed by atoms with Gasteiger partial charge in [0, 0.05) is 0 Å². The van der Waals surface area contributed by atoms with Crippen LogP contribution in [0.5, 0.6) is 0 Å². The topological polar surface area (TPSA) is 0 Å². The zero-order valence-electron chi connectivity index (χ0n) is 35.9. The lowest BCUT2D eigenvalue weighted by atomic mass is 9.91. The number of benzene rings is 11. The van der Waals surface area contributed by atoms with Gasteiger partial charge >= 0.3 is 0 Å². The quantitative estimate of drug-likeness (QED) is 0.134. The Labute approximate surface area is 382 Å². The van der Waals surface area contributed by atoms with Crippen molar-refractivity contribution in [3.8, 4) is 77.9 Å². The van der Waals surface area contributed by atoms with Crippen molar-refractivity contribution in [1.82, 2.24) is 0 Å². The highest BCUT2D eigenvalue weighted by Gasteiger charge is 2.49. The van der Waals surface area contributed by atoms with Gasteiger partial charge in [-0.1, -0.05) is 237 Å². The molecule has 11 aromatic carbocycles. The van der Waals surface area contributed by atoms with E-state index < -0.39 is 8.07 Å². The van der Waals surface area contributed by atoms with Crippen LogP contribution in [0.25, 0.3) is 88.7 Å². The molecule has 0 spiro atoms. The standard InChI is InChI=1S/C64H44Si/c1-5-16-45(17-6-1)49-28-34-57(35-29-49)65(58-36-30-50(31-37-58)46-18-7-2-8-19-46)63-38-32-52(56-41-54(47-20-9-3-10-21-47)40-55(42-56)48-22-11-4-12-23-48)43-61(63)62-44-53(33-39-64(62)65)60-27-15-25-51-24-13-14-26-59(51)60/h1-44H. The molecule has 0 radical (unpaired) electrons. The summed E-state index contributed by atoms with van der Waals surface area (Å²) in [4.78, 5) is 0. The van der Waals surface area contributed by atoms with E-state index in [2.05, 4.69) is 267 Å². The highest BCUT2D eigenvalue weighted by atomic mass is 28.3. The van der Waals surface area contributed by atoms with Crippen LogP contribution < -0.4 is 20.7 Å². The maximum Gasteiger partial charge on any atom is 0.180 e. The van der Waals surface area contributed by atoms with Crippen LogP contribution in [-0.4, -0.2) is 8.07 Å². The predicted octanol–water partition coefficient (Wildman–Crippen LogP) is 14.2. The average molecular weight is 841 g/mol. The molecule has 0 bridgehead atoms. The Bertz CT molecular complexity index is 3340. The first kappa shape index (κ1) is 38.6. The van der Waals surface area contributed by atoms with E-state index in [1.165, 1.54) is 109 Å². The van der Waals surface area contributed by atoms with E-state index in [4.69, 9.17) is 0 Å². The second-order valence-corrected chi connectivity index (χ2v) is 20.9. The van der Waals surface area contributed by atoms with Gasteiger partial charge < -0.3 is 0 Å². The molecule has 0 aromatic heterocycles. The lowest BCUT2D eigenvalue weighted by molar-refractivity contribution is 1.57. The molecule has 65 heavy (non-hydrogen) atoms. The Hall–Kier alpha value is -8.10. The summed E-state index contributed by atoms with van der Waals surface area (Å²) in [7, 11) is -2.90. The molecule has 0 atom stereocenters. The van der Waals surface area contributed by atoms with E-state index >= 15 is 0 Å². The van der Waals surface area contributed by atoms with E-state index in [1.807, 2.05) is 0 Å². The molecule has 0 amide bonds. The van der Waals surface area contributed by atoms with Crippen LogP contribution in [0.1, 0.15) is 0 Å². The van der Waals surface area contributed by atoms with Gasteiger partial charge in [-0.3, -0.25) is 0 Å². The van der Waals surface area contributed by atoms with Gasteiger partial charge in [-0.05, 0) is 140 Å². The third kappa shape index (κ3) is 6.77. The van der Waals surface area contributed by atoms with Crippen molar-refractivity contribution >= 4 is 39.6 Å². The molecule has 1 heterocycles. The zero-order valence-corrected chi connectivity index (χ0v) is 36.9. The number of fused-ring (bicyclic) bond motifs is 4. The largest absolute Gasteiger partial charge is 0.180 e. The Morgan fingerprint density at radius 1 is 0.200 bits per heavy atom. The highest BCUT2D eigenvalue weighted by molar-refractivity contribution is 7.22. The van der Waals surface area contributed by atoms with Crippen LogP contribution in [0.4, 0.5) is 0 Å². The van der Waals surface area contributed by atoms with E-state index in [0.29, 0.717) is 0 Å². The molecule has 0 aliphatic carbocycles. The smallest absolute Gasteiger partial charge is 0.0622 e. The van der Waals surface area contributed by atoms with Crippen LogP contribution in [0.2, 0.25) is 0 Å². The lowest BCUT2D eigenvalue weighted by Gasteiger charge is -2.32. The van der Waals surface area contributed by atoms with Crippen LogP contribution in [0, 0.1) is 0 Å². The van der Waals surface area contributed by atoms with Gasteiger partial charge in [-0.2, -0.15) is 0 Å². The van der Waals surface area contributed by atoms with Gasteiger partial charge in [-0.25, -0.2) is 0 Å². The monoisotopic (exact) mass is 840 g/mol. The van der Waals surface area contributed by atoms with Crippen molar-refractivity contribution in [2.75, 3.05) is 0 Å². The molecule has 1 aliphatic heterocycles. The summed E-state index contributed by atoms with van der Waals surface area (Å²) in [6.45, 7) is 0. The van der Waals surface area contributed by atoms with Gasteiger partial charge in [0.2, 0.25) is 0 Å². The summed E-state index contributed by atoms with van der Waals surface area (Å²) in [5.74, 6) is 0. The molecule has 0 unspecified atom stereocenters. The fourth-order valence-corrected chi connectivity index (χ4v) is 15.5. The minimum Gasteiger partial charge on any atom is -0.0622 e. The lowest BCUT2D eigenvalue weighted by Crippen LogP contribution is -2.72. The number of hydrogen-bond donors (Lipinski definition) is 0. The summed E-state index contributed by atoms with van der Waals surface area (Å²) in [5.41, 5.74) is 17.3. The van der Waals surface area contributed by atoms with Crippen molar-refractivity contribution in [2.45, 2.75) is 0 Å². The first-order valence-corrected chi connectivity index (χ1v) is 24.6. The predicted molar refractivity (Wildman–Crippen MR) is 279 cm³/mol. The first-order chi connectivity index (χ1) is 32.2. The van der Waals surface area contributed by atoms with Gasteiger partial charge in [0.05, 0.1) is 0 Å². The third-order valence-electron chi connectivity index (χ3n) is 13.6. The molecular weight excluding hydrogens is 797 g/mol. The summed E-state index contributed by atoms with van der Waals surface area (Å²) in [6.07, 6.45) is 0. The maximum atomic E-state index is 2.51. The molecule has 304 valence electrons. The normalized spacial score (nSPS) is 12.4. The molecule has 11 aromatic rings. The van der Waals surface area contributed by atoms with Gasteiger partial charge in [0.25, 0.3) is 0 Å². The molecule has 0 N–H and O–H groups in total. The minimum absolute atomic E-state index is 1.21. The molecule has 1 heteroatoms. The minimum atomic E-state index is -2.90. The Morgan fingerprint density at radius 2 is 0.554 bits per heavy atom. The number of hydrogen-bond acceptors (Lipinski definition) is 0. The number of rotatable bonds is 8. The zero-order chi connectivity index (χ0) is 43.2. The molecule has 12 rings (SSSR count). The van der Waals surface area contributed by atoms with Crippen LogP contribution in [0.15, 0.2) is 267 Å². The van der Waals surface area contributed by atoms with Crippen molar-refractivity contribution < 1.29 is 0 Å². The van der Waals surface area contributed by atoms with Crippen molar-refractivity contribution in [1.29, 1.82) is 0 Å². The summed E-state index contributed by atoms with van der Waals surface area (Å²) >= 11 is 0. The second kappa shape index (κ2) is 16.2. The molecule has 0 fully saturated rings. The second-order valence-electron chi connectivity index (χ2n) is 17.2. The summed E-state index contributed by atoms with van der Waals surface area (Å²) in [5, 5.41) is 8.14. The van der Waals surface area contributed by atoms with Crippen LogP contribution in [0.3, 0.4) is 0 Å². The molecule has 1 aliphatic rings. The average Bonchev–Trinajstić information content (AvgIpc) is 3.69. The fourth-order valence-electron chi connectivity index (χ4n) is 10.4. The summed E-state index contributed by atoms with van der Waals surface area (Å²) in [6, 6.07) is 99.5. The summed E-state index contributed by atoms with van der Waals surface area (Å²) < 4.78 is 0. The third-order valence-corrected chi connectivity index (χ3v) is 18.5. The maximum absolute atomic E-state index is 2.90. The van der Waals surface area contributed by atoms with Crippen LogP contribution in [-0.2, 0) is 0 Å². The van der Waals surface area contributed by atoms with Crippen molar-refractivity contribution in [3.63, 3.8) is 0 Å². The van der Waals surface area contributed by atoms with Crippen LogP contribution >= 0.6 is 0 Å². The highest BCUT2D eigenvalue weighted by Crippen LogP contribution is 2.39.